The van der Waals surface area contributed by atoms with E-state index in [4.69, 9.17) is 9.72 Å². The molecule has 2 saturated carbocycles. The Balaban J connectivity index is 1.24. The lowest BCUT2D eigenvalue weighted by Gasteiger charge is -2.37. The van der Waals surface area contributed by atoms with Gasteiger partial charge in [-0.15, -0.1) is 0 Å². The van der Waals surface area contributed by atoms with E-state index in [0.29, 0.717) is 44.7 Å². The van der Waals surface area contributed by atoms with Gasteiger partial charge in [0.05, 0.1) is 28.2 Å². The fraction of sp³-hybridized carbons (Fsp3) is 0.550. The highest BCUT2D eigenvalue weighted by atomic mass is 32.2. The highest BCUT2D eigenvalue weighted by Crippen LogP contribution is 2.58. The van der Waals surface area contributed by atoms with Crippen molar-refractivity contribution in [2.24, 2.45) is 17.3 Å². The van der Waals surface area contributed by atoms with Crippen LogP contribution in [0.1, 0.15) is 89.2 Å². The van der Waals surface area contributed by atoms with Crippen molar-refractivity contribution in [1.82, 2.24) is 19.2 Å². The van der Waals surface area contributed by atoms with Crippen LogP contribution in [0.2, 0.25) is 0 Å². The SMILES string of the molecule is CCn1c(O[C@H]2CN3C(=O)[C@@H](Cc4cc(C)cc(F)c4)CCCCC/C=C\[C@H]4C[C@@]4(C(=O)NS(=O)(=O)C4CC4)CC(=O)[C@]3(C)C2)nc2ccccc21. The number of aromatic nitrogens is 2. The molecule has 1 N–H and O–H groups in total. The zero-order valence-corrected chi connectivity index (χ0v) is 31.1. The van der Waals surface area contributed by atoms with Crippen molar-refractivity contribution < 1.29 is 31.9 Å². The minimum atomic E-state index is -3.83. The number of para-hydroxylation sites is 2. The van der Waals surface area contributed by atoms with Gasteiger partial charge in [0.15, 0.2) is 5.78 Å². The Morgan fingerprint density at radius 2 is 1.87 bits per heavy atom. The summed E-state index contributed by atoms with van der Waals surface area (Å²) in [6.45, 7) is 6.31. The molecule has 1 saturated heterocycles. The van der Waals surface area contributed by atoms with Gasteiger partial charge in [0.25, 0.3) is 6.01 Å². The van der Waals surface area contributed by atoms with Crippen molar-refractivity contribution in [2.45, 2.75) is 115 Å². The van der Waals surface area contributed by atoms with Gasteiger partial charge in [-0.25, -0.2) is 12.8 Å². The lowest BCUT2D eigenvalue weighted by Crippen LogP contribution is -2.54. The second-order valence-corrected chi connectivity index (χ2v) is 17.6. The highest BCUT2D eigenvalue weighted by molar-refractivity contribution is 7.90. The number of imidazole rings is 1. The Morgan fingerprint density at radius 1 is 1.08 bits per heavy atom. The fourth-order valence-corrected chi connectivity index (χ4v) is 9.82. The Bertz CT molecular complexity index is 2000. The van der Waals surface area contributed by atoms with Gasteiger partial charge in [0.2, 0.25) is 21.8 Å². The maximum atomic E-state index is 14.9. The molecule has 3 heterocycles. The minimum Gasteiger partial charge on any atom is -0.459 e. The number of nitrogens with one attached hydrogen (secondary N) is 1. The number of carbonyl (C=O) groups is 3. The maximum absolute atomic E-state index is 14.9. The van der Waals surface area contributed by atoms with Crippen LogP contribution in [-0.2, 0) is 37.4 Å². The van der Waals surface area contributed by atoms with E-state index >= 15 is 0 Å². The van der Waals surface area contributed by atoms with Crippen LogP contribution in [0.5, 0.6) is 6.01 Å². The van der Waals surface area contributed by atoms with Crippen LogP contribution in [0.25, 0.3) is 11.0 Å². The molecule has 5 atom stereocenters. The van der Waals surface area contributed by atoms with Gasteiger partial charge >= 0.3 is 0 Å². The topological polar surface area (TPSA) is 128 Å². The van der Waals surface area contributed by atoms with Crippen molar-refractivity contribution in [3.8, 4) is 6.01 Å². The molecule has 3 aromatic rings. The molecule has 2 aromatic carbocycles. The Hall–Kier alpha value is -4.06. The van der Waals surface area contributed by atoms with Crippen LogP contribution in [-0.4, -0.2) is 63.9 Å². The molecule has 0 spiro atoms. The second kappa shape index (κ2) is 14.1. The number of sulfonamides is 1. The molecule has 2 aliphatic carbocycles. The van der Waals surface area contributed by atoms with Crippen molar-refractivity contribution in [3.63, 3.8) is 0 Å². The summed E-state index contributed by atoms with van der Waals surface area (Å²) in [5, 5.41) is -0.581. The fourth-order valence-electron chi connectivity index (χ4n) is 8.44. The molecule has 7 rings (SSSR count). The maximum Gasteiger partial charge on any atom is 0.297 e. The van der Waals surface area contributed by atoms with Gasteiger partial charge in [0.1, 0.15) is 17.5 Å². The van der Waals surface area contributed by atoms with Crippen LogP contribution < -0.4 is 9.46 Å². The Kier molecular flexibility index (Phi) is 9.82. The molecule has 2 aliphatic heterocycles. The number of nitrogens with zero attached hydrogens (tertiary/aromatic N) is 3. The van der Waals surface area contributed by atoms with E-state index in [-0.39, 0.29) is 42.8 Å². The molecule has 278 valence electrons. The third-order valence-corrected chi connectivity index (χ3v) is 13.5. The van der Waals surface area contributed by atoms with E-state index in [0.717, 1.165) is 47.8 Å². The molecule has 0 unspecified atom stereocenters. The number of aryl methyl sites for hydroxylation is 2. The van der Waals surface area contributed by atoms with E-state index in [1.54, 1.807) is 11.8 Å². The monoisotopic (exact) mass is 732 g/mol. The zero-order chi connectivity index (χ0) is 36.8. The van der Waals surface area contributed by atoms with E-state index in [1.807, 2.05) is 60.9 Å². The molecule has 10 nitrogen and oxygen atoms in total. The third-order valence-electron chi connectivity index (χ3n) is 11.7. The molecule has 12 heteroatoms. The summed E-state index contributed by atoms with van der Waals surface area (Å²) in [4.78, 5) is 49.9. The number of allylic oxidation sites excluding steroid dienone is 2. The zero-order valence-electron chi connectivity index (χ0n) is 30.3. The van der Waals surface area contributed by atoms with Gasteiger partial charge in [-0.3, -0.25) is 23.7 Å². The van der Waals surface area contributed by atoms with Gasteiger partial charge in [0, 0.05) is 25.3 Å². The van der Waals surface area contributed by atoms with E-state index < -0.39 is 44.2 Å². The summed E-state index contributed by atoms with van der Waals surface area (Å²) in [7, 11) is -3.83. The van der Waals surface area contributed by atoms with Gasteiger partial charge in [-0.1, -0.05) is 43.2 Å². The van der Waals surface area contributed by atoms with Crippen molar-refractivity contribution in [2.75, 3.05) is 6.54 Å². The molecular formula is C40H49FN4O6S. The number of hydrogen-bond donors (Lipinski definition) is 1. The predicted molar refractivity (Wildman–Crippen MR) is 195 cm³/mol. The summed E-state index contributed by atoms with van der Waals surface area (Å²) in [5.74, 6) is -2.31. The number of carbonyl (C=O) groups excluding carboxylic acids is 3. The van der Waals surface area contributed by atoms with Crippen LogP contribution >= 0.6 is 0 Å². The average Bonchev–Trinajstić information content (AvgIpc) is 4.00. The number of Topliss-reactive ketones (excluding diaryl/α,β-unsaturated/α-hetero) is 1. The van der Waals surface area contributed by atoms with E-state index in [9.17, 15) is 27.2 Å². The number of rotatable bonds is 8. The predicted octanol–water partition coefficient (Wildman–Crippen LogP) is 6.20. The standard InChI is InChI=1S/C40H49FN4O6S/c1-4-44-34-15-11-10-14-33(34)42-38(44)51-31-23-39(3)35(46)24-40(37(48)43-52(49,50)32-16-17-32)22-29(40)13-9-7-5-6-8-12-28(36(47)45(39)25-31)20-27-18-26(2)19-30(41)21-27/h9-11,13-15,18-19,21,28-29,31-32H,4-8,12,16-17,20,22-25H2,1-3H3,(H,43,48)/b13-9-/t28-,29+,31-,39+,40-/m1/s1. The first-order valence-corrected chi connectivity index (χ1v) is 20.3. The number of amides is 2. The quantitative estimate of drug-likeness (QED) is 0.274. The smallest absolute Gasteiger partial charge is 0.297 e. The highest BCUT2D eigenvalue weighted by Gasteiger charge is 2.63. The Labute approximate surface area is 305 Å². The number of hydrogen-bond acceptors (Lipinski definition) is 7. The van der Waals surface area contributed by atoms with Crippen LogP contribution in [0.15, 0.2) is 54.6 Å². The number of fused-ring (bicyclic) bond motifs is 3. The first kappa shape index (κ1) is 36.3. The average molecular weight is 733 g/mol. The largest absolute Gasteiger partial charge is 0.459 e. The molecular weight excluding hydrogens is 684 g/mol. The number of benzene rings is 2. The molecule has 4 aliphatic rings. The first-order valence-electron chi connectivity index (χ1n) is 18.8. The van der Waals surface area contributed by atoms with Gasteiger partial charge < -0.3 is 9.64 Å². The Morgan fingerprint density at radius 3 is 2.62 bits per heavy atom. The minimum absolute atomic E-state index is 0.130. The van der Waals surface area contributed by atoms with Gasteiger partial charge in [-0.05, 0) is 107 Å². The van der Waals surface area contributed by atoms with Crippen molar-refractivity contribution in [3.05, 3.63) is 71.6 Å². The van der Waals surface area contributed by atoms with Crippen molar-refractivity contribution in [1.29, 1.82) is 0 Å². The summed E-state index contributed by atoms with van der Waals surface area (Å²) in [6, 6.07) is 13.0. The van der Waals surface area contributed by atoms with Crippen LogP contribution in [0.3, 0.4) is 0 Å². The van der Waals surface area contributed by atoms with Gasteiger partial charge in [-0.2, -0.15) is 4.98 Å². The second-order valence-electron chi connectivity index (χ2n) is 15.6. The third kappa shape index (κ3) is 7.15. The number of ketones is 1. The number of ether oxygens (including phenoxy) is 1. The molecule has 2 amide bonds. The molecule has 3 fully saturated rings. The molecule has 52 heavy (non-hydrogen) atoms. The summed E-state index contributed by atoms with van der Waals surface area (Å²) in [5.41, 5.74) is 0.617. The lowest BCUT2D eigenvalue weighted by molar-refractivity contribution is -0.147. The summed E-state index contributed by atoms with van der Waals surface area (Å²) in [6.07, 6.45) is 8.98. The first-order chi connectivity index (χ1) is 24.8. The van der Waals surface area contributed by atoms with Crippen LogP contribution in [0.4, 0.5) is 4.39 Å². The summed E-state index contributed by atoms with van der Waals surface area (Å²) < 4.78 is 51.2. The van der Waals surface area contributed by atoms with E-state index in [2.05, 4.69) is 4.72 Å². The molecule has 0 bridgehead atoms. The number of halogens is 1. The summed E-state index contributed by atoms with van der Waals surface area (Å²) >= 11 is 0. The lowest BCUT2D eigenvalue weighted by atomic mass is 9.83. The van der Waals surface area contributed by atoms with Crippen LogP contribution in [0, 0.1) is 30.0 Å². The molecule has 0 radical (unpaired) electrons. The van der Waals surface area contributed by atoms with E-state index in [1.165, 1.54) is 12.1 Å². The van der Waals surface area contributed by atoms with Crippen molar-refractivity contribution >= 4 is 38.7 Å². The molecule has 1 aromatic heterocycles. The normalized spacial score (nSPS) is 29.2.